The predicted octanol–water partition coefficient (Wildman–Crippen LogP) is 0.696. The molecule has 0 saturated heterocycles. The Morgan fingerprint density at radius 1 is 1.07 bits per heavy atom. The zero-order chi connectivity index (χ0) is 20.7. The van der Waals surface area contributed by atoms with Crippen LogP contribution in [-0.2, 0) is 29.1 Å². The fourth-order valence-electron chi connectivity index (χ4n) is 2.95. The molecule has 1 N–H and O–H groups in total. The monoisotopic (exact) mass is 412 g/mol. The minimum Gasteiger partial charge on any atom is -0.468 e. The molecule has 0 atom stereocenters. The maximum absolute atomic E-state index is 12.8. The Morgan fingerprint density at radius 2 is 1.64 bits per heavy atom. The number of hydrogen-bond donors (Lipinski definition) is 1. The Morgan fingerprint density at radius 3 is 2.18 bits per heavy atom. The number of methoxy groups -OCH3 is 2. The number of ether oxygens (including phenoxy) is 2. The van der Waals surface area contributed by atoms with E-state index in [4.69, 9.17) is 0 Å². The Bertz CT molecular complexity index is 814. The van der Waals surface area contributed by atoms with Crippen LogP contribution in [-0.4, -0.2) is 64.5 Å². The predicted molar refractivity (Wildman–Crippen MR) is 99.0 cm³/mol. The molecule has 0 radical (unpaired) electrons. The summed E-state index contributed by atoms with van der Waals surface area (Å²) in [5.74, 6) is -2.12. The number of rotatable bonds is 8. The molecule has 1 aliphatic carbocycles. The highest BCUT2D eigenvalue weighted by atomic mass is 32.2. The van der Waals surface area contributed by atoms with Gasteiger partial charge in [0.05, 0.1) is 19.1 Å². The average molecular weight is 412 g/mol. The minimum atomic E-state index is -3.78. The Balaban J connectivity index is 2.24. The van der Waals surface area contributed by atoms with Crippen LogP contribution in [0.4, 0.5) is 0 Å². The third-order valence-electron chi connectivity index (χ3n) is 4.45. The summed E-state index contributed by atoms with van der Waals surface area (Å²) in [6, 6.07) is 5.35. The van der Waals surface area contributed by atoms with E-state index in [1.807, 2.05) is 0 Å². The van der Waals surface area contributed by atoms with Gasteiger partial charge in [0.1, 0.15) is 13.1 Å². The lowest BCUT2D eigenvalue weighted by Gasteiger charge is -2.20. The molecule has 28 heavy (non-hydrogen) atoms. The number of sulfonamides is 1. The van der Waals surface area contributed by atoms with E-state index < -0.39 is 41.0 Å². The number of esters is 2. The van der Waals surface area contributed by atoms with Gasteiger partial charge in [0.2, 0.25) is 10.0 Å². The maximum atomic E-state index is 12.8. The summed E-state index contributed by atoms with van der Waals surface area (Å²) in [6.45, 7) is -0.941. The zero-order valence-corrected chi connectivity index (χ0v) is 16.7. The molecular formula is C18H24N2O7S. The molecule has 0 spiro atoms. The number of nitrogens with one attached hydrogen (secondary N) is 1. The topological polar surface area (TPSA) is 119 Å². The molecule has 9 nitrogen and oxygen atoms in total. The highest BCUT2D eigenvalue weighted by molar-refractivity contribution is 7.89. The van der Waals surface area contributed by atoms with Crippen molar-refractivity contribution >= 4 is 27.9 Å². The number of carbonyl (C=O) groups is 3. The lowest BCUT2D eigenvalue weighted by Crippen LogP contribution is -2.40. The highest BCUT2D eigenvalue weighted by Crippen LogP contribution is 2.21. The van der Waals surface area contributed by atoms with E-state index in [1.165, 1.54) is 24.3 Å². The molecular weight excluding hydrogens is 388 g/mol. The number of nitrogens with zero attached hydrogens (tertiary/aromatic N) is 1. The summed E-state index contributed by atoms with van der Waals surface area (Å²) < 4.78 is 36.9. The molecule has 0 bridgehead atoms. The fourth-order valence-corrected chi connectivity index (χ4v) is 4.30. The van der Waals surface area contributed by atoms with Crippen molar-refractivity contribution in [2.24, 2.45) is 0 Å². The average Bonchev–Trinajstić information content (AvgIpc) is 3.18. The van der Waals surface area contributed by atoms with Crippen molar-refractivity contribution < 1.29 is 32.3 Å². The number of amides is 1. The smallest absolute Gasteiger partial charge is 0.325 e. The third-order valence-corrected chi connectivity index (χ3v) is 5.97. The summed E-state index contributed by atoms with van der Waals surface area (Å²) in [7, 11) is -1.47. The Kier molecular flexibility index (Phi) is 7.53. The summed E-state index contributed by atoms with van der Waals surface area (Å²) in [4.78, 5) is 36.8. The van der Waals surface area contributed by atoms with Gasteiger partial charge in [-0.2, -0.15) is 0 Å². The van der Waals surface area contributed by atoms with Gasteiger partial charge in [0.15, 0.2) is 0 Å². The molecule has 1 aliphatic rings. The second kappa shape index (κ2) is 9.65. The van der Waals surface area contributed by atoms with Gasteiger partial charge in [-0.05, 0) is 31.0 Å². The van der Waals surface area contributed by atoms with E-state index in [1.54, 1.807) is 0 Å². The van der Waals surface area contributed by atoms with E-state index in [2.05, 4.69) is 14.2 Å². The zero-order valence-electron chi connectivity index (χ0n) is 15.8. The fraction of sp³-hybridized carbons (Fsp3) is 0.500. The van der Waals surface area contributed by atoms with Crippen molar-refractivity contribution in [3.05, 3.63) is 29.8 Å². The highest BCUT2D eigenvalue weighted by Gasteiger charge is 2.26. The molecule has 0 aromatic heterocycles. The van der Waals surface area contributed by atoms with Crippen LogP contribution in [0.3, 0.4) is 0 Å². The van der Waals surface area contributed by atoms with Crippen molar-refractivity contribution in [3.8, 4) is 0 Å². The molecule has 0 aliphatic heterocycles. The van der Waals surface area contributed by atoms with Crippen molar-refractivity contribution in [3.63, 3.8) is 0 Å². The van der Waals surface area contributed by atoms with Crippen molar-refractivity contribution in [1.29, 1.82) is 0 Å². The molecule has 154 valence electrons. The molecule has 10 heteroatoms. The van der Waals surface area contributed by atoms with E-state index in [9.17, 15) is 22.8 Å². The van der Waals surface area contributed by atoms with Crippen LogP contribution in [0.25, 0.3) is 0 Å². The number of hydrogen-bond acceptors (Lipinski definition) is 7. The Hall–Kier alpha value is -2.46. The first-order valence-electron chi connectivity index (χ1n) is 8.82. The van der Waals surface area contributed by atoms with Crippen LogP contribution < -0.4 is 4.72 Å². The number of carbonyl (C=O) groups excluding carboxylic acids is 3. The third kappa shape index (κ3) is 5.77. The molecule has 1 amide bonds. The van der Waals surface area contributed by atoms with Crippen LogP contribution in [0.15, 0.2) is 29.2 Å². The van der Waals surface area contributed by atoms with Crippen LogP contribution in [0.1, 0.15) is 36.0 Å². The summed E-state index contributed by atoms with van der Waals surface area (Å²) in [5.41, 5.74) is 0.0297. The molecule has 1 aromatic rings. The van der Waals surface area contributed by atoms with Gasteiger partial charge in [-0.3, -0.25) is 14.4 Å². The molecule has 0 unspecified atom stereocenters. The van der Waals surface area contributed by atoms with Crippen LogP contribution in [0.2, 0.25) is 0 Å². The van der Waals surface area contributed by atoms with Gasteiger partial charge in [-0.1, -0.05) is 18.9 Å². The largest absolute Gasteiger partial charge is 0.468 e. The number of benzene rings is 1. The first-order chi connectivity index (χ1) is 13.3. The van der Waals surface area contributed by atoms with Crippen LogP contribution in [0, 0.1) is 0 Å². The van der Waals surface area contributed by atoms with Crippen molar-refractivity contribution in [1.82, 2.24) is 9.62 Å². The first-order valence-corrected chi connectivity index (χ1v) is 10.3. The quantitative estimate of drug-likeness (QED) is 0.624. The van der Waals surface area contributed by atoms with Gasteiger partial charge in [-0.25, -0.2) is 13.1 Å². The standard InChI is InChI=1S/C18H24N2O7S/c1-26-16(21)11-20(12-17(22)27-2)18(23)13-6-5-9-15(10-13)28(24,25)19-14-7-3-4-8-14/h5-6,9-10,14,19H,3-4,7-8,11-12H2,1-2H3. The van der Waals surface area contributed by atoms with E-state index in [-0.39, 0.29) is 16.5 Å². The van der Waals surface area contributed by atoms with Gasteiger partial charge < -0.3 is 14.4 Å². The second-order valence-electron chi connectivity index (χ2n) is 6.44. The van der Waals surface area contributed by atoms with Gasteiger partial charge in [0, 0.05) is 11.6 Å². The second-order valence-corrected chi connectivity index (χ2v) is 8.16. The molecule has 1 aromatic carbocycles. The molecule has 1 fully saturated rings. The lowest BCUT2D eigenvalue weighted by molar-refractivity contribution is -0.144. The van der Waals surface area contributed by atoms with E-state index in [0.717, 1.165) is 44.8 Å². The maximum Gasteiger partial charge on any atom is 0.325 e. The van der Waals surface area contributed by atoms with Gasteiger partial charge in [-0.15, -0.1) is 0 Å². The summed E-state index contributed by atoms with van der Waals surface area (Å²) in [5, 5.41) is 0. The van der Waals surface area contributed by atoms with Gasteiger partial charge in [0.25, 0.3) is 5.91 Å². The molecule has 1 saturated carbocycles. The van der Waals surface area contributed by atoms with Crippen molar-refractivity contribution in [2.75, 3.05) is 27.3 Å². The Labute approximate surface area is 164 Å². The van der Waals surface area contributed by atoms with Crippen molar-refractivity contribution in [2.45, 2.75) is 36.6 Å². The molecule has 0 heterocycles. The van der Waals surface area contributed by atoms with Gasteiger partial charge >= 0.3 is 11.9 Å². The summed E-state index contributed by atoms with van der Waals surface area (Å²) >= 11 is 0. The summed E-state index contributed by atoms with van der Waals surface area (Å²) in [6.07, 6.45) is 3.51. The SMILES string of the molecule is COC(=O)CN(CC(=O)OC)C(=O)c1cccc(S(=O)(=O)NC2CCCC2)c1. The minimum absolute atomic E-state index is 0.0297. The van der Waals surface area contributed by atoms with E-state index >= 15 is 0 Å². The molecule has 2 rings (SSSR count). The normalized spacial score (nSPS) is 14.5. The lowest BCUT2D eigenvalue weighted by atomic mass is 10.2. The first kappa shape index (κ1) is 21.8. The van der Waals surface area contributed by atoms with E-state index in [0.29, 0.717) is 0 Å². The van der Waals surface area contributed by atoms with Crippen LogP contribution >= 0.6 is 0 Å². The van der Waals surface area contributed by atoms with Crippen LogP contribution in [0.5, 0.6) is 0 Å².